The van der Waals surface area contributed by atoms with Gasteiger partial charge in [0, 0.05) is 17.3 Å². The summed E-state index contributed by atoms with van der Waals surface area (Å²) in [6.45, 7) is 0. The van der Waals surface area contributed by atoms with Crippen LogP contribution in [-0.2, 0) is 0 Å². The van der Waals surface area contributed by atoms with Gasteiger partial charge in [-0.2, -0.15) is 5.10 Å². The molecule has 0 amide bonds. The molecule has 0 aliphatic rings. The fourth-order valence-electron chi connectivity index (χ4n) is 2.46. The zero-order valence-electron chi connectivity index (χ0n) is 11.3. The van der Waals surface area contributed by atoms with E-state index in [0.29, 0.717) is 0 Å². The van der Waals surface area contributed by atoms with Crippen molar-refractivity contribution in [3.05, 3.63) is 79.0 Å². The Balaban J connectivity index is 1.93. The Morgan fingerprint density at radius 1 is 0.714 bits per heavy atom. The lowest BCUT2D eigenvalue weighted by molar-refractivity contribution is 0.937. The monoisotopic (exact) mass is 271 g/mol. The molecule has 2 aromatic carbocycles. The van der Waals surface area contributed by atoms with Gasteiger partial charge in [0.25, 0.3) is 0 Å². The van der Waals surface area contributed by atoms with E-state index in [4.69, 9.17) is 5.10 Å². The zero-order valence-corrected chi connectivity index (χ0v) is 11.3. The first-order valence-corrected chi connectivity index (χ1v) is 6.87. The first kappa shape index (κ1) is 11.9. The number of hydrogen-bond donors (Lipinski definition) is 0. The summed E-state index contributed by atoms with van der Waals surface area (Å²) in [4.78, 5) is 4.48. The van der Waals surface area contributed by atoms with E-state index in [1.54, 1.807) is 0 Å². The highest BCUT2D eigenvalue weighted by Crippen LogP contribution is 2.23. The first-order chi connectivity index (χ1) is 10.4. The Morgan fingerprint density at radius 2 is 1.38 bits per heavy atom. The molecule has 0 saturated carbocycles. The van der Waals surface area contributed by atoms with Crippen LogP contribution in [0.3, 0.4) is 0 Å². The maximum atomic E-state index is 4.71. The Labute approximate surface area is 122 Å². The van der Waals surface area contributed by atoms with Gasteiger partial charge in [0.05, 0.1) is 11.2 Å². The second-order valence-corrected chi connectivity index (χ2v) is 4.87. The van der Waals surface area contributed by atoms with Gasteiger partial charge in [0.2, 0.25) is 0 Å². The van der Waals surface area contributed by atoms with E-state index >= 15 is 0 Å². The van der Waals surface area contributed by atoms with E-state index in [1.165, 1.54) is 0 Å². The molecule has 0 atom stereocenters. The molecule has 0 aliphatic heterocycles. The third kappa shape index (κ3) is 2.09. The second kappa shape index (κ2) is 4.87. The van der Waals surface area contributed by atoms with Gasteiger partial charge in [-0.25, -0.2) is 9.50 Å². The van der Waals surface area contributed by atoms with E-state index in [2.05, 4.69) is 23.2 Å². The Kier molecular flexibility index (Phi) is 2.75. The van der Waals surface area contributed by atoms with E-state index in [1.807, 2.05) is 65.3 Å². The fraction of sp³-hybridized carbons (Fsp3) is 0. The summed E-state index contributed by atoms with van der Waals surface area (Å²) in [5.74, 6) is 0.857. The van der Waals surface area contributed by atoms with Crippen LogP contribution < -0.4 is 0 Å². The van der Waals surface area contributed by atoms with Gasteiger partial charge >= 0.3 is 0 Å². The largest absolute Gasteiger partial charge is 0.236 e. The lowest BCUT2D eigenvalue weighted by Crippen LogP contribution is -1.96. The van der Waals surface area contributed by atoms with Gasteiger partial charge in [0.15, 0.2) is 5.82 Å². The van der Waals surface area contributed by atoms with E-state index in [9.17, 15) is 0 Å². The average Bonchev–Trinajstić information content (AvgIpc) is 3.00. The van der Waals surface area contributed by atoms with Crippen molar-refractivity contribution in [2.24, 2.45) is 0 Å². The molecular formula is C18H13N3. The number of rotatable bonds is 2. The molecule has 2 aromatic heterocycles. The summed E-state index contributed by atoms with van der Waals surface area (Å²) in [5, 5.41) is 4.71. The maximum Gasteiger partial charge on any atom is 0.161 e. The average molecular weight is 271 g/mol. The molecule has 3 nitrogen and oxygen atoms in total. The van der Waals surface area contributed by atoms with Gasteiger partial charge in [-0.3, -0.25) is 0 Å². The molecule has 21 heavy (non-hydrogen) atoms. The lowest BCUT2D eigenvalue weighted by Gasteiger charge is -2.03. The van der Waals surface area contributed by atoms with Crippen LogP contribution in [0.15, 0.2) is 79.0 Å². The number of fused-ring (bicyclic) bond motifs is 1. The molecule has 0 aliphatic carbocycles. The first-order valence-electron chi connectivity index (χ1n) is 6.87. The predicted molar refractivity (Wildman–Crippen MR) is 83.9 cm³/mol. The lowest BCUT2D eigenvalue weighted by atomic mass is 10.1. The third-order valence-electron chi connectivity index (χ3n) is 3.48. The van der Waals surface area contributed by atoms with Crippen molar-refractivity contribution in [3.63, 3.8) is 0 Å². The molecule has 0 N–H and O–H groups in total. The summed E-state index contributed by atoms with van der Waals surface area (Å²) in [6.07, 6.45) is 1.83. The highest BCUT2D eigenvalue weighted by atomic mass is 15.3. The van der Waals surface area contributed by atoms with Crippen molar-refractivity contribution in [2.45, 2.75) is 0 Å². The van der Waals surface area contributed by atoms with Gasteiger partial charge < -0.3 is 0 Å². The third-order valence-corrected chi connectivity index (χ3v) is 3.48. The Hall–Kier alpha value is -2.94. The van der Waals surface area contributed by atoms with Crippen LogP contribution in [0, 0.1) is 0 Å². The van der Waals surface area contributed by atoms with Crippen LogP contribution in [0.1, 0.15) is 0 Å². The summed E-state index contributed by atoms with van der Waals surface area (Å²) in [6, 6.07) is 24.4. The molecule has 0 bridgehead atoms. The van der Waals surface area contributed by atoms with Crippen LogP contribution in [0.4, 0.5) is 0 Å². The molecule has 4 aromatic rings. The van der Waals surface area contributed by atoms with Crippen molar-refractivity contribution in [1.29, 1.82) is 0 Å². The van der Waals surface area contributed by atoms with Crippen LogP contribution in [0.5, 0.6) is 0 Å². The van der Waals surface area contributed by atoms with E-state index in [0.717, 1.165) is 28.2 Å². The van der Waals surface area contributed by atoms with Gasteiger partial charge in [0.1, 0.15) is 0 Å². The summed E-state index contributed by atoms with van der Waals surface area (Å²) in [7, 11) is 0. The molecule has 3 heteroatoms. The fourth-order valence-corrected chi connectivity index (χ4v) is 2.46. The highest BCUT2D eigenvalue weighted by molar-refractivity contribution is 5.68. The number of hydrogen-bond acceptors (Lipinski definition) is 2. The Bertz CT molecular complexity index is 880. The molecule has 0 radical (unpaired) electrons. The SMILES string of the molecule is c1ccc(-c2cc3ccnc(-c4ccccc4)n3n2)cc1. The van der Waals surface area contributed by atoms with Crippen LogP contribution in [0.2, 0.25) is 0 Å². The molecule has 0 spiro atoms. The number of aromatic nitrogens is 3. The molecule has 0 saturated heterocycles. The molecule has 100 valence electrons. The summed E-state index contributed by atoms with van der Waals surface area (Å²) < 4.78 is 1.90. The van der Waals surface area contributed by atoms with Crippen molar-refractivity contribution in [2.75, 3.05) is 0 Å². The maximum absolute atomic E-state index is 4.71. The molecule has 4 rings (SSSR count). The zero-order chi connectivity index (χ0) is 14.1. The molecule has 0 fully saturated rings. The van der Waals surface area contributed by atoms with E-state index < -0.39 is 0 Å². The minimum absolute atomic E-state index is 0.857. The predicted octanol–water partition coefficient (Wildman–Crippen LogP) is 4.06. The normalized spacial score (nSPS) is 10.9. The molecule has 2 heterocycles. The Morgan fingerprint density at radius 3 is 2.10 bits per heavy atom. The van der Waals surface area contributed by atoms with Gasteiger partial charge in [-0.1, -0.05) is 60.7 Å². The highest BCUT2D eigenvalue weighted by Gasteiger charge is 2.09. The molecule has 0 unspecified atom stereocenters. The van der Waals surface area contributed by atoms with Crippen LogP contribution in [0.25, 0.3) is 28.2 Å². The second-order valence-electron chi connectivity index (χ2n) is 4.87. The van der Waals surface area contributed by atoms with Crippen molar-refractivity contribution < 1.29 is 0 Å². The minimum atomic E-state index is 0.857. The van der Waals surface area contributed by atoms with E-state index in [-0.39, 0.29) is 0 Å². The van der Waals surface area contributed by atoms with Crippen molar-refractivity contribution >= 4 is 5.52 Å². The standard InChI is InChI=1S/C18H13N3/c1-3-7-14(8-4-1)17-13-16-11-12-19-18(21(16)20-17)15-9-5-2-6-10-15/h1-13H. The van der Waals surface area contributed by atoms with Gasteiger partial charge in [-0.05, 0) is 12.1 Å². The summed E-state index contributed by atoms with van der Waals surface area (Å²) in [5.41, 5.74) is 4.18. The minimum Gasteiger partial charge on any atom is -0.236 e. The van der Waals surface area contributed by atoms with Crippen LogP contribution in [-0.4, -0.2) is 14.6 Å². The number of nitrogens with zero attached hydrogens (tertiary/aromatic N) is 3. The summed E-state index contributed by atoms with van der Waals surface area (Å²) >= 11 is 0. The number of benzene rings is 2. The van der Waals surface area contributed by atoms with Crippen molar-refractivity contribution in [1.82, 2.24) is 14.6 Å². The molecular weight excluding hydrogens is 258 g/mol. The smallest absolute Gasteiger partial charge is 0.161 e. The van der Waals surface area contributed by atoms with Crippen molar-refractivity contribution in [3.8, 4) is 22.6 Å². The van der Waals surface area contributed by atoms with Crippen LogP contribution >= 0.6 is 0 Å². The van der Waals surface area contributed by atoms with Gasteiger partial charge in [-0.15, -0.1) is 0 Å². The quantitative estimate of drug-likeness (QED) is 0.550. The topological polar surface area (TPSA) is 30.2 Å².